The zero-order valence-electron chi connectivity index (χ0n) is 9.17. The molecule has 0 N–H and O–H groups in total. The summed E-state index contributed by atoms with van der Waals surface area (Å²) in [7, 11) is 0. The SMILES string of the molecule is C=CCC(CC=C)c1ccc(C)c(Br)c1. The van der Waals surface area contributed by atoms with E-state index < -0.39 is 0 Å². The van der Waals surface area contributed by atoms with E-state index in [0.717, 1.165) is 12.8 Å². The average Bonchev–Trinajstić information content (AvgIpc) is 2.22. The Morgan fingerprint density at radius 1 is 1.27 bits per heavy atom. The second-order valence-electron chi connectivity index (χ2n) is 3.75. The Hall–Kier alpha value is -0.820. The molecule has 0 spiro atoms. The van der Waals surface area contributed by atoms with Gasteiger partial charge in [-0.3, -0.25) is 0 Å². The minimum absolute atomic E-state index is 0.511. The van der Waals surface area contributed by atoms with Crippen LogP contribution in [0.15, 0.2) is 48.0 Å². The standard InChI is InChI=1S/C14H17Br/c1-4-6-12(7-5-2)13-9-8-11(3)14(15)10-13/h4-5,8-10,12H,1-2,6-7H2,3H3. The maximum atomic E-state index is 3.80. The van der Waals surface area contributed by atoms with Gasteiger partial charge in [-0.05, 0) is 42.9 Å². The van der Waals surface area contributed by atoms with Crippen LogP contribution >= 0.6 is 15.9 Å². The molecule has 0 saturated carbocycles. The number of rotatable bonds is 5. The van der Waals surface area contributed by atoms with E-state index in [0.29, 0.717) is 5.92 Å². The third kappa shape index (κ3) is 3.35. The van der Waals surface area contributed by atoms with E-state index in [9.17, 15) is 0 Å². The van der Waals surface area contributed by atoms with Crippen molar-refractivity contribution in [3.63, 3.8) is 0 Å². The van der Waals surface area contributed by atoms with Gasteiger partial charge >= 0.3 is 0 Å². The van der Waals surface area contributed by atoms with Gasteiger partial charge in [-0.15, -0.1) is 13.2 Å². The Kier molecular flexibility index (Phi) is 4.83. The highest BCUT2D eigenvalue weighted by atomic mass is 79.9. The molecule has 1 aromatic carbocycles. The summed E-state index contributed by atoms with van der Waals surface area (Å²) in [6, 6.07) is 6.54. The van der Waals surface area contributed by atoms with Gasteiger partial charge in [0.1, 0.15) is 0 Å². The lowest BCUT2D eigenvalue weighted by Gasteiger charge is -2.14. The second-order valence-corrected chi connectivity index (χ2v) is 4.61. The molecule has 0 aromatic heterocycles. The van der Waals surface area contributed by atoms with Gasteiger partial charge in [0.2, 0.25) is 0 Å². The van der Waals surface area contributed by atoms with Gasteiger partial charge in [0.15, 0.2) is 0 Å². The zero-order chi connectivity index (χ0) is 11.3. The smallest absolute Gasteiger partial charge is 0.0207 e. The predicted molar refractivity (Wildman–Crippen MR) is 71.2 cm³/mol. The molecule has 1 rings (SSSR count). The molecule has 0 atom stereocenters. The molecule has 0 aliphatic heterocycles. The van der Waals surface area contributed by atoms with E-state index in [1.54, 1.807) is 0 Å². The predicted octanol–water partition coefficient (Wildman–Crippen LogP) is 4.99. The summed E-state index contributed by atoms with van der Waals surface area (Å²) in [5, 5.41) is 0. The lowest BCUT2D eigenvalue weighted by atomic mass is 9.92. The van der Waals surface area contributed by atoms with E-state index in [4.69, 9.17) is 0 Å². The fourth-order valence-electron chi connectivity index (χ4n) is 1.63. The van der Waals surface area contributed by atoms with Gasteiger partial charge in [-0.25, -0.2) is 0 Å². The number of hydrogen-bond acceptors (Lipinski definition) is 0. The molecule has 0 fully saturated rings. The summed E-state index contributed by atoms with van der Waals surface area (Å²) >= 11 is 3.56. The van der Waals surface area contributed by atoms with Crippen LogP contribution in [-0.2, 0) is 0 Å². The molecule has 0 amide bonds. The number of aryl methyl sites for hydroxylation is 1. The largest absolute Gasteiger partial charge is 0.103 e. The van der Waals surface area contributed by atoms with Crippen molar-refractivity contribution in [2.45, 2.75) is 25.7 Å². The summed E-state index contributed by atoms with van der Waals surface area (Å²) in [4.78, 5) is 0. The average molecular weight is 265 g/mol. The molecule has 0 heterocycles. The fourth-order valence-corrected chi connectivity index (χ4v) is 2.03. The topological polar surface area (TPSA) is 0 Å². The molecule has 15 heavy (non-hydrogen) atoms. The number of halogens is 1. The van der Waals surface area contributed by atoms with Gasteiger partial charge in [-0.2, -0.15) is 0 Å². The first-order valence-corrected chi connectivity index (χ1v) is 5.96. The highest BCUT2D eigenvalue weighted by Crippen LogP contribution is 2.28. The number of allylic oxidation sites excluding steroid dienone is 2. The number of hydrogen-bond donors (Lipinski definition) is 0. The van der Waals surface area contributed by atoms with Crippen LogP contribution in [0.3, 0.4) is 0 Å². The molecule has 0 aliphatic carbocycles. The first-order chi connectivity index (χ1) is 7.19. The van der Waals surface area contributed by atoms with Crippen molar-refractivity contribution in [1.82, 2.24) is 0 Å². The van der Waals surface area contributed by atoms with E-state index >= 15 is 0 Å². The van der Waals surface area contributed by atoms with Crippen molar-refractivity contribution in [1.29, 1.82) is 0 Å². The first kappa shape index (κ1) is 12.3. The molecular formula is C14H17Br. The summed E-state index contributed by atoms with van der Waals surface area (Å²) in [6.07, 6.45) is 5.95. The Morgan fingerprint density at radius 3 is 2.33 bits per heavy atom. The number of benzene rings is 1. The molecule has 0 saturated heterocycles. The van der Waals surface area contributed by atoms with Crippen LogP contribution in [0.2, 0.25) is 0 Å². The first-order valence-electron chi connectivity index (χ1n) is 5.17. The van der Waals surface area contributed by atoms with E-state index in [2.05, 4.69) is 54.2 Å². The van der Waals surface area contributed by atoms with Gasteiger partial charge in [0.05, 0.1) is 0 Å². The molecule has 0 radical (unpaired) electrons. The molecule has 80 valence electrons. The van der Waals surface area contributed by atoms with Crippen LogP contribution in [0.1, 0.15) is 29.9 Å². The van der Waals surface area contributed by atoms with Crippen LogP contribution < -0.4 is 0 Å². The monoisotopic (exact) mass is 264 g/mol. The lowest BCUT2D eigenvalue weighted by molar-refractivity contribution is 0.713. The van der Waals surface area contributed by atoms with Crippen LogP contribution in [-0.4, -0.2) is 0 Å². The second kappa shape index (κ2) is 5.92. The van der Waals surface area contributed by atoms with Crippen molar-refractivity contribution in [2.24, 2.45) is 0 Å². The molecule has 1 heteroatoms. The van der Waals surface area contributed by atoms with Gasteiger partial charge in [-0.1, -0.05) is 40.2 Å². The molecule has 0 aliphatic rings. The van der Waals surface area contributed by atoms with Crippen molar-refractivity contribution in [3.05, 3.63) is 59.1 Å². The Morgan fingerprint density at radius 2 is 1.87 bits per heavy atom. The van der Waals surface area contributed by atoms with Crippen LogP contribution in [0.4, 0.5) is 0 Å². The van der Waals surface area contributed by atoms with Crippen molar-refractivity contribution < 1.29 is 0 Å². The van der Waals surface area contributed by atoms with E-state index in [1.165, 1.54) is 15.6 Å². The van der Waals surface area contributed by atoms with Crippen molar-refractivity contribution in [2.75, 3.05) is 0 Å². The summed E-state index contributed by atoms with van der Waals surface area (Å²) in [6.45, 7) is 9.71. The maximum Gasteiger partial charge on any atom is 0.0207 e. The summed E-state index contributed by atoms with van der Waals surface area (Å²) in [5.41, 5.74) is 2.63. The fraction of sp³-hybridized carbons (Fsp3) is 0.286. The zero-order valence-corrected chi connectivity index (χ0v) is 10.8. The van der Waals surface area contributed by atoms with Crippen LogP contribution in [0.25, 0.3) is 0 Å². The normalized spacial score (nSPS) is 10.3. The Balaban J connectivity index is 2.94. The van der Waals surface area contributed by atoms with Crippen LogP contribution in [0, 0.1) is 6.92 Å². The minimum Gasteiger partial charge on any atom is -0.103 e. The Bertz CT molecular complexity index is 342. The molecule has 1 aromatic rings. The van der Waals surface area contributed by atoms with Gasteiger partial charge < -0.3 is 0 Å². The maximum absolute atomic E-state index is 3.80. The third-order valence-electron chi connectivity index (χ3n) is 2.57. The lowest BCUT2D eigenvalue weighted by Crippen LogP contribution is -1.96. The molecule has 0 nitrogen and oxygen atoms in total. The van der Waals surface area contributed by atoms with Gasteiger partial charge in [0, 0.05) is 4.47 Å². The molecular weight excluding hydrogens is 248 g/mol. The summed E-state index contributed by atoms with van der Waals surface area (Å²) in [5.74, 6) is 0.511. The quantitative estimate of drug-likeness (QED) is 0.658. The molecule has 0 bridgehead atoms. The highest BCUT2D eigenvalue weighted by molar-refractivity contribution is 9.10. The van der Waals surface area contributed by atoms with E-state index in [1.807, 2.05) is 12.2 Å². The highest BCUT2D eigenvalue weighted by Gasteiger charge is 2.09. The Labute approximate surface area is 101 Å². The molecule has 0 unspecified atom stereocenters. The minimum atomic E-state index is 0.511. The van der Waals surface area contributed by atoms with Crippen molar-refractivity contribution in [3.8, 4) is 0 Å². The van der Waals surface area contributed by atoms with Crippen molar-refractivity contribution >= 4 is 15.9 Å². The third-order valence-corrected chi connectivity index (χ3v) is 3.42. The summed E-state index contributed by atoms with van der Waals surface area (Å²) < 4.78 is 1.18. The van der Waals surface area contributed by atoms with Crippen LogP contribution in [0.5, 0.6) is 0 Å². The van der Waals surface area contributed by atoms with Gasteiger partial charge in [0.25, 0.3) is 0 Å². The van der Waals surface area contributed by atoms with E-state index in [-0.39, 0.29) is 0 Å².